The first kappa shape index (κ1) is 7.85. The van der Waals surface area contributed by atoms with E-state index in [0.717, 1.165) is 0 Å². The first-order valence-electron chi connectivity index (χ1n) is 3.17. The van der Waals surface area contributed by atoms with Gasteiger partial charge in [0.15, 0.2) is 0 Å². The third-order valence-electron chi connectivity index (χ3n) is 1.33. The molecule has 1 aromatic carbocycles. The van der Waals surface area contributed by atoms with E-state index in [1.807, 2.05) is 7.05 Å². The van der Waals surface area contributed by atoms with Gasteiger partial charge in [-0.2, -0.15) is 0 Å². The fourth-order valence-corrected chi connectivity index (χ4v) is 1.71. The molecule has 2 heteroatoms. The van der Waals surface area contributed by atoms with Crippen LogP contribution < -0.4 is 5.32 Å². The number of benzene rings is 1. The van der Waals surface area contributed by atoms with Crippen LogP contribution in [-0.2, 0) is 0 Å². The van der Waals surface area contributed by atoms with Gasteiger partial charge in [-0.1, -0.05) is 0 Å². The van der Waals surface area contributed by atoms with Crippen LogP contribution in [0.15, 0.2) is 18.2 Å². The summed E-state index contributed by atoms with van der Waals surface area (Å²) in [6.45, 7) is 2.10. The van der Waals surface area contributed by atoms with Gasteiger partial charge in [0.2, 0.25) is 0 Å². The predicted octanol–water partition coefficient (Wildman–Crippen LogP) is 2.64. The summed E-state index contributed by atoms with van der Waals surface area (Å²) in [6.07, 6.45) is 0. The third kappa shape index (κ3) is 1.87. The Labute approximate surface area is 75.0 Å². The highest BCUT2D eigenvalue weighted by Crippen LogP contribution is 2.14. The summed E-state index contributed by atoms with van der Waals surface area (Å²) in [5.41, 5.74) is 2.49. The quantitative estimate of drug-likeness (QED) is 0.752. The van der Waals surface area contributed by atoms with E-state index in [9.17, 15) is 0 Å². The smallest absolute Gasteiger partial charge is 0.0350 e. The van der Waals surface area contributed by atoms with Crippen LogP contribution in [0, 0.1) is 10.5 Å². The number of hydrogen-bond acceptors (Lipinski definition) is 1. The summed E-state index contributed by atoms with van der Waals surface area (Å²) in [4.78, 5) is 0. The molecule has 0 heterocycles. The van der Waals surface area contributed by atoms with Crippen molar-refractivity contribution in [2.45, 2.75) is 6.92 Å². The molecule has 0 amide bonds. The summed E-state index contributed by atoms with van der Waals surface area (Å²) >= 11 is 2.31. The number of rotatable bonds is 1. The van der Waals surface area contributed by atoms with Crippen LogP contribution >= 0.6 is 22.6 Å². The minimum atomic E-state index is 1.18. The zero-order chi connectivity index (χ0) is 7.56. The van der Waals surface area contributed by atoms with E-state index in [2.05, 4.69) is 53.0 Å². The molecule has 0 saturated heterocycles. The minimum Gasteiger partial charge on any atom is -0.388 e. The Kier molecular flexibility index (Phi) is 2.54. The molecule has 1 nitrogen and oxygen atoms in total. The maximum absolute atomic E-state index is 3.10. The van der Waals surface area contributed by atoms with E-state index < -0.39 is 0 Å². The van der Waals surface area contributed by atoms with E-state index in [1.165, 1.54) is 14.8 Å². The standard InChI is InChI=1S/C8H10IN/c1-6-3-7(9)5-8(4-6)10-2/h3-5,10H,1-2H3. The van der Waals surface area contributed by atoms with Gasteiger partial charge in [0, 0.05) is 16.3 Å². The predicted molar refractivity (Wildman–Crippen MR) is 53.4 cm³/mol. The Morgan fingerprint density at radius 3 is 2.50 bits per heavy atom. The number of anilines is 1. The zero-order valence-corrected chi connectivity index (χ0v) is 8.27. The molecule has 10 heavy (non-hydrogen) atoms. The molecule has 0 aliphatic carbocycles. The lowest BCUT2D eigenvalue weighted by Crippen LogP contribution is -1.88. The molecule has 0 saturated carbocycles. The van der Waals surface area contributed by atoms with E-state index in [4.69, 9.17) is 0 Å². The molecule has 0 bridgehead atoms. The third-order valence-corrected chi connectivity index (χ3v) is 1.95. The van der Waals surface area contributed by atoms with E-state index >= 15 is 0 Å². The number of halogens is 1. The molecule has 0 radical (unpaired) electrons. The van der Waals surface area contributed by atoms with Gasteiger partial charge in [-0.25, -0.2) is 0 Å². The number of aryl methyl sites for hydroxylation is 1. The lowest BCUT2D eigenvalue weighted by molar-refractivity contribution is 1.41. The van der Waals surface area contributed by atoms with Gasteiger partial charge >= 0.3 is 0 Å². The van der Waals surface area contributed by atoms with Crippen molar-refractivity contribution in [3.05, 3.63) is 27.3 Å². The van der Waals surface area contributed by atoms with Crippen molar-refractivity contribution in [3.63, 3.8) is 0 Å². The van der Waals surface area contributed by atoms with Crippen LogP contribution in [0.1, 0.15) is 5.56 Å². The summed E-state index contributed by atoms with van der Waals surface area (Å²) in [5.74, 6) is 0. The largest absolute Gasteiger partial charge is 0.388 e. The lowest BCUT2D eigenvalue weighted by Gasteiger charge is -2.01. The normalized spacial score (nSPS) is 9.50. The number of nitrogens with one attached hydrogen (secondary N) is 1. The lowest BCUT2D eigenvalue weighted by atomic mass is 10.2. The van der Waals surface area contributed by atoms with Crippen LogP contribution in [0.3, 0.4) is 0 Å². The van der Waals surface area contributed by atoms with Crippen molar-refractivity contribution >= 4 is 28.3 Å². The van der Waals surface area contributed by atoms with E-state index in [-0.39, 0.29) is 0 Å². The highest BCUT2D eigenvalue weighted by molar-refractivity contribution is 14.1. The Bertz CT molecular complexity index is 212. The van der Waals surface area contributed by atoms with Gasteiger partial charge in [0.1, 0.15) is 0 Å². The average molecular weight is 247 g/mol. The molecule has 0 aliphatic heterocycles. The van der Waals surface area contributed by atoms with E-state index in [1.54, 1.807) is 0 Å². The Balaban J connectivity index is 3.06. The van der Waals surface area contributed by atoms with Gasteiger partial charge in [-0.05, 0) is 53.3 Å². The highest BCUT2D eigenvalue weighted by atomic mass is 127. The second kappa shape index (κ2) is 3.23. The molecule has 0 unspecified atom stereocenters. The fraction of sp³-hybridized carbons (Fsp3) is 0.250. The van der Waals surface area contributed by atoms with E-state index in [0.29, 0.717) is 0 Å². The first-order chi connectivity index (χ1) is 4.72. The maximum atomic E-state index is 3.10. The van der Waals surface area contributed by atoms with Gasteiger partial charge in [-0.15, -0.1) is 0 Å². The molecule has 0 aromatic heterocycles. The van der Waals surface area contributed by atoms with Crippen molar-refractivity contribution in [2.75, 3.05) is 12.4 Å². The SMILES string of the molecule is CNc1cc(C)cc(I)c1. The molecular formula is C8H10IN. The maximum Gasteiger partial charge on any atom is 0.0350 e. The van der Waals surface area contributed by atoms with Gasteiger partial charge in [-0.3, -0.25) is 0 Å². The van der Waals surface area contributed by atoms with Gasteiger partial charge in [0.25, 0.3) is 0 Å². The molecule has 1 N–H and O–H groups in total. The van der Waals surface area contributed by atoms with Crippen molar-refractivity contribution in [2.24, 2.45) is 0 Å². The molecule has 0 atom stereocenters. The first-order valence-corrected chi connectivity index (χ1v) is 4.25. The topological polar surface area (TPSA) is 12.0 Å². The average Bonchev–Trinajstić information content (AvgIpc) is 1.85. The summed E-state index contributed by atoms with van der Waals surface area (Å²) in [5, 5.41) is 3.10. The zero-order valence-electron chi connectivity index (χ0n) is 6.11. The molecule has 0 spiro atoms. The van der Waals surface area contributed by atoms with Crippen molar-refractivity contribution < 1.29 is 0 Å². The molecule has 1 aromatic rings. The summed E-state index contributed by atoms with van der Waals surface area (Å²) in [6, 6.07) is 6.40. The van der Waals surface area contributed by atoms with Gasteiger partial charge in [0.05, 0.1) is 0 Å². The monoisotopic (exact) mass is 247 g/mol. The van der Waals surface area contributed by atoms with Crippen molar-refractivity contribution in [3.8, 4) is 0 Å². The molecule has 0 fully saturated rings. The Morgan fingerprint density at radius 2 is 2.00 bits per heavy atom. The van der Waals surface area contributed by atoms with Crippen molar-refractivity contribution in [1.29, 1.82) is 0 Å². The molecule has 0 aliphatic rings. The summed E-state index contributed by atoms with van der Waals surface area (Å²) < 4.78 is 1.28. The van der Waals surface area contributed by atoms with Crippen LogP contribution in [0.25, 0.3) is 0 Å². The molecule has 54 valence electrons. The molecule has 1 rings (SSSR count). The fourth-order valence-electron chi connectivity index (χ4n) is 0.881. The Morgan fingerprint density at radius 1 is 1.30 bits per heavy atom. The van der Waals surface area contributed by atoms with Crippen LogP contribution in [0.5, 0.6) is 0 Å². The minimum absolute atomic E-state index is 1.18. The second-order valence-electron chi connectivity index (χ2n) is 2.27. The second-order valence-corrected chi connectivity index (χ2v) is 3.51. The molecular weight excluding hydrogens is 237 g/mol. The highest BCUT2D eigenvalue weighted by Gasteiger charge is 1.91. The Hall–Kier alpha value is -0.250. The number of hydrogen-bond donors (Lipinski definition) is 1. The van der Waals surface area contributed by atoms with Gasteiger partial charge < -0.3 is 5.32 Å². The van der Waals surface area contributed by atoms with Crippen LogP contribution in [-0.4, -0.2) is 7.05 Å². The van der Waals surface area contributed by atoms with Crippen LogP contribution in [0.4, 0.5) is 5.69 Å². The summed E-state index contributed by atoms with van der Waals surface area (Å²) in [7, 11) is 1.94. The van der Waals surface area contributed by atoms with Crippen LogP contribution in [0.2, 0.25) is 0 Å². The van der Waals surface area contributed by atoms with Crippen molar-refractivity contribution in [1.82, 2.24) is 0 Å².